The zero-order valence-electron chi connectivity index (χ0n) is 38.5. The van der Waals surface area contributed by atoms with Crippen LogP contribution < -0.4 is 15.4 Å². The maximum Gasteiger partial charge on any atom is 0.323 e. The lowest BCUT2D eigenvalue weighted by molar-refractivity contribution is -0.329. The van der Waals surface area contributed by atoms with Gasteiger partial charge < -0.3 is 41.4 Å². The molecule has 2 atom stereocenters. The summed E-state index contributed by atoms with van der Waals surface area (Å²) in [5.74, 6) is 0.722. The third-order valence-electron chi connectivity index (χ3n) is 14.3. The van der Waals surface area contributed by atoms with Crippen LogP contribution in [0.1, 0.15) is 175 Å². The molecule has 2 unspecified atom stereocenters. The minimum absolute atomic E-state index is 0.0579. The molecule has 0 aromatic carbocycles. The maximum absolute atomic E-state index is 11.9. The summed E-state index contributed by atoms with van der Waals surface area (Å²) in [6.07, 6.45) is 5.30. The number of aromatic nitrogens is 3. The number of piperidine rings is 5. The fraction of sp³-hybridized carbons (Fsp3) is 0.929. The lowest BCUT2D eigenvalue weighted by Crippen LogP contribution is -2.73. The third kappa shape index (κ3) is 8.20. The molecule has 5 aliphatic rings. The molecule has 0 aliphatic carbocycles. The van der Waals surface area contributed by atoms with Crippen molar-refractivity contribution in [1.82, 2.24) is 40.3 Å². The first-order chi connectivity index (χ1) is 26.1. The summed E-state index contributed by atoms with van der Waals surface area (Å²) in [5, 5.41) is 72.0. The Morgan fingerprint density at radius 2 is 0.724 bits per heavy atom. The highest BCUT2D eigenvalue weighted by molar-refractivity contribution is 5.39. The van der Waals surface area contributed by atoms with Crippen LogP contribution in [0.5, 0.6) is 6.01 Å². The van der Waals surface area contributed by atoms with E-state index in [0.717, 1.165) is 0 Å². The number of nitrogens with zero attached hydrogens (tertiary/aromatic N) is 8. The zero-order valence-corrected chi connectivity index (χ0v) is 38.5. The fourth-order valence-corrected chi connectivity index (χ4v) is 13.3. The molecule has 0 bridgehead atoms. The quantitative estimate of drug-likeness (QED) is 0.151. The van der Waals surface area contributed by atoms with Crippen LogP contribution in [0.15, 0.2) is 0 Å². The van der Waals surface area contributed by atoms with Crippen molar-refractivity contribution >= 4 is 11.9 Å². The first-order valence-corrected chi connectivity index (χ1v) is 21.5. The van der Waals surface area contributed by atoms with Gasteiger partial charge >= 0.3 is 6.01 Å². The van der Waals surface area contributed by atoms with Gasteiger partial charge in [-0.2, -0.15) is 40.3 Å². The molecule has 6 heterocycles. The normalized spacial score (nSPS) is 32.8. The summed E-state index contributed by atoms with van der Waals surface area (Å²) in [6, 6.07) is -0.0257. The Kier molecular flexibility index (Phi) is 11.0. The number of rotatable bonds is 6. The third-order valence-corrected chi connectivity index (χ3v) is 14.3. The SMILES string of the molecule is CC1(C)CC(Nc2nc(NC3CC(C)(C)N(O)C4(C3)CC(C)(C)N(O)C(C)(C)C4)nc(OC3CC(C)(C)N(O)C4(C3)CC(C)(C)N(O)C(C)(C)C4)n2)CC(C)(C)N1O. The molecule has 7 N–H and O–H groups in total. The average Bonchev–Trinajstić information content (AvgIpc) is 3.01. The topological polar surface area (TPSA) is 189 Å². The highest BCUT2D eigenvalue weighted by atomic mass is 16.5. The van der Waals surface area contributed by atoms with Crippen molar-refractivity contribution in [2.24, 2.45) is 0 Å². The molecule has 1 aromatic heterocycles. The molecule has 16 heteroatoms. The van der Waals surface area contributed by atoms with Gasteiger partial charge in [-0.25, -0.2) is 0 Å². The molecular weight excluding hydrogens is 741 g/mol. The number of nitrogens with one attached hydrogen (secondary N) is 2. The summed E-state index contributed by atoms with van der Waals surface area (Å²) in [6.45, 7) is 32.4. The van der Waals surface area contributed by atoms with Gasteiger partial charge in [-0.05, 0) is 162 Å². The molecule has 5 aliphatic heterocycles. The zero-order chi connectivity index (χ0) is 43.7. The summed E-state index contributed by atoms with van der Waals surface area (Å²) >= 11 is 0. The van der Waals surface area contributed by atoms with Crippen molar-refractivity contribution in [3.8, 4) is 6.01 Å². The predicted molar refractivity (Wildman–Crippen MR) is 221 cm³/mol. The summed E-state index contributed by atoms with van der Waals surface area (Å²) in [4.78, 5) is 14.8. The Bertz CT molecular complexity index is 1550. The molecule has 16 nitrogen and oxygen atoms in total. The standard InChI is InChI=1S/C42H78N10O6/c1-33(2)17-27(18-34(3,4)48(33)53)43-30-45-31(44-28-19-35(5,6)51(56)41(20-28)23-37(9,10)49(54)38(11,12)24-41)47-32(46-30)58-29-21-36(7,8)52(57)42(22-29)25-39(13,14)50(55)40(15,16)26-42/h27-29,53-57H,17-26H2,1-16H3,(H2,43,44,45,46,47). The van der Waals surface area contributed by atoms with Gasteiger partial charge in [0.15, 0.2) is 0 Å². The van der Waals surface area contributed by atoms with Gasteiger partial charge in [-0.1, -0.05) is 0 Å². The molecular formula is C42H78N10O6. The molecule has 58 heavy (non-hydrogen) atoms. The van der Waals surface area contributed by atoms with E-state index in [-0.39, 0.29) is 24.2 Å². The van der Waals surface area contributed by atoms with Gasteiger partial charge in [0.1, 0.15) is 6.10 Å². The highest BCUT2D eigenvalue weighted by Gasteiger charge is 2.62. The second-order valence-electron chi connectivity index (χ2n) is 24.1. The van der Waals surface area contributed by atoms with Gasteiger partial charge in [0.05, 0.1) is 11.1 Å². The molecule has 0 amide bonds. The van der Waals surface area contributed by atoms with Crippen molar-refractivity contribution in [3.63, 3.8) is 0 Å². The number of hydrogen-bond acceptors (Lipinski definition) is 16. The fourth-order valence-electron chi connectivity index (χ4n) is 13.3. The minimum Gasteiger partial charge on any atom is -0.460 e. The monoisotopic (exact) mass is 819 g/mol. The van der Waals surface area contributed by atoms with Crippen LogP contribution in [-0.2, 0) is 0 Å². The first kappa shape index (κ1) is 45.5. The predicted octanol–water partition coefficient (Wildman–Crippen LogP) is 7.31. The largest absolute Gasteiger partial charge is 0.460 e. The van der Waals surface area contributed by atoms with Crippen LogP contribution in [0.3, 0.4) is 0 Å². The van der Waals surface area contributed by atoms with Crippen LogP contribution in [0.2, 0.25) is 0 Å². The molecule has 332 valence electrons. The van der Waals surface area contributed by atoms with Crippen molar-refractivity contribution in [2.45, 2.75) is 249 Å². The maximum atomic E-state index is 11.9. The Morgan fingerprint density at radius 1 is 0.414 bits per heavy atom. The van der Waals surface area contributed by atoms with E-state index < -0.39 is 55.4 Å². The van der Waals surface area contributed by atoms with Gasteiger partial charge in [-0.15, -0.1) is 0 Å². The van der Waals surface area contributed by atoms with Gasteiger partial charge in [-0.3, -0.25) is 0 Å². The molecule has 0 saturated carbocycles. The molecule has 1 aromatic rings. The summed E-state index contributed by atoms with van der Waals surface area (Å²) in [5.41, 5.74) is -5.99. The number of hydroxylamine groups is 10. The van der Waals surface area contributed by atoms with Crippen LogP contribution in [0.4, 0.5) is 11.9 Å². The molecule has 5 fully saturated rings. The second kappa shape index (κ2) is 14.0. The van der Waals surface area contributed by atoms with Crippen molar-refractivity contribution in [2.75, 3.05) is 10.6 Å². The van der Waals surface area contributed by atoms with E-state index in [9.17, 15) is 26.0 Å². The van der Waals surface area contributed by atoms with Crippen molar-refractivity contribution in [3.05, 3.63) is 0 Å². The Balaban J connectivity index is 1.35. The molecule has 6 rings (SSSR count). The van der Waals surface area contributed by atoms with Crippen molar-refractivity contribution in [1.29, 1.82) is 0 Å². The van der Waals surface area contributed by atoms with Crippen LogP contribution in [-0.4, -0.2) is 140 Å². The van der Waals surface area contributed by atoms with E-state index in [2.05, 4.69) is 24.5 Å². The average molecular weight is 819 g/mol. The van der Waals surface area contributed by atoms with E-state index in [1.165, 1.54) is 20.3 Å². The lowest BCUT2D eigenvalue weighted by atomic mass is 9.63. The van der Waals surface area contributed by atoms with E-state index in [4.69, 9.17) is 19.7 Å². The van der Waals surface area contributed by atoms with Crippen LogP contribution in [0.25, 0.3) is 0 Å². The van der Waals surface area contributed by atoms with E-state index in [0.29, 0.717) is 76.1 Å². The van der Waals surface area contributed by atoms with Gasteiger partial charge in [0.2, 0.25) is 11.9 Å². The summed E-state index contributed by atoms with van der Waals surface area (Å²) in [7, 11) is 0. The highest BCUT2D eigenvalue weighted by Crippen LogP contribution is 2.54. The van der Waals surface area contributed by atoms with E-state index in [1.54, 1.807) is 5.06 Å². The minimum atomic E-state index is -0.687. The molecule has 2 spiro atoms. The molecule has 5 saturated heterocycles. The van der Waals surface area contributed by atoms with E-state index >= 15 is 0 Å². The summed E-state index contributed by atoms with van der Waals surface area (Å²) < 4.78 is 6.84. The molecule has 0 radical (unpaired) electrons. The van der Waals surface area contributed by atoms with Gasteiger partial charge in [0.25, 0.3) is 0 Å². The van der Waals surface area contributed by atoms with Crippen LogP contribution in [0, 0.1) is 0 Å². The Morgan fingerprint density at radius 3 is 1.12 bits per heavy atom. The lowest BCUT2D eigenvalue weighted by Gasteiger charge is -2.63. The van der Waals surface area contributed by atoms with E-state index in [1.807, 2.05) is 96.9 Å². The smallest absolute Gasteiger partial charge is 0.323 e. The number of hydrogen-bond donors (Lipinski definition) is 7. The Hall–Kier alpha value is -1.99. The first-order valence-electron chi connectivity index (χ1n) is 21.5. The Labute approximate surface area is 347 Å². The van der Waals surface area contributed by atoms with Crippen LogP contribution >= 0.6 is 0 Å². The van der Waals surface area contributed by atoms with Crippen molar-refractivity contribution < 1.29 is 30.8 Å². The second-order valence-corrected chi connectivity index (χ2v) is 24.1. The number of ether oxygens (including phenoxy) is 1. The number of anilines is 2. The van der Waals surface area contributed by atoms with Gasteiger partial charge in [0, 0.05) is 69.2 Å².